The van der Waals surface area contributed by atoms with E-state index in [0.717, 1.165) is 6.08 Å². The Labute approximate surface area is 150 Å². The van der Waals surface area contributed by atoms with Gasteiger partial charge in [-0.15, -0.1) is 4.91 Å². The third kappa shape index (κ3) is 4.67. The first-order valence-corrected chi connectivity index (χ1v) is 8.78. The molecule has 0 saturated heterocycles. The molecule has 0 fully saturated rings. The molecule has 0 aliphatic rings. The van der Waals surface area contributed by atoms with Gasteiger partial charge in [0.1, 0.15) is 0 Å². The van der Waals surface area contributed by atoms with E-state index in [4.69, 9.17) is 9.47 Å². The van der Waals surface area contributed by atoms with Gasteiger partial charge in [-0.2, -0.15) is 0 Å². The Bertz CT molecular complexity index is 953. The Hall–Kier alpha value is -3.20. The standard InChI is InChI=1S/C17H16N2O6S/c1-24-15-8-7-14(11-16(15)25-2)26(22,23)19-13-5-3-4-12(10-13)6-9-17(20)18-21/h3-11,19H,1-2H3/b9-6+. The lowest BCUT2D eigenvalue weighted by Gasteiger charge is -2.12. The molecule has 0 atom stereocenters. The average molecular weight is 376 g/mol. The summed E-state index contributed by atoms with van der Waals surface area (Å²) < 4.78 is 37.8. The maximum atomic E-state index is 12.6. The summed E-state index contributed by atoms with van der Waals surface area (Å²) in [6.07, 6.45) is 2.35. The number of nitrogens with zero attached hydrogens (tertiary/aromatic N) is 1. The van der Waals surface area contributed by atoms with Crippen LogP contribution in [0.25, 0.3) is 6.08 Å². The van der Waals surface area contributed by atoms with E-state index in [-0.39, 0.29) is 16.3 Å². The van der Waals surface area contributed by atoms with Crippen LogP contribution in [-0.2, 0) is 14.8 Å². The monoisotopic (exact) mass is 376 g/mol. The Morgan fingerprint density at radius 3 is 2.46 bits per heavy atom. The summed E-state index contributed by atoms with van der Waals surface area (Å²) in [6, 6.07) is 10.5. The molecule has 2 rings (SSSR count). The van der Waals surface area contributed by atoms with E-state index in [0.29, 0.717) is 11.3 Å². The molecule has 2 aromatic rings. The number of anilines is 1. The minimum Gasteiger partial charge on any atom is -0.493 e. The van der Waals surface area contributed by atoms with Crippen molar-refractivity contribution in [2.45, 2.75) is 4.90 Å². The van der Waals surface area contributed by atoms with Crippen molar-refractivity contribution in [3.05, 3.63) is 59.0 Å². The molecule has 26 heavy (non-hydrogen) atoms. The second-order valence-electron chi connectivity index (χ2n) is 5.01. The van der Waals surface area contributed by atoms with Crippen LogP contribution in [0.4, 0.5) is 5.69 Å². The van der Waals surface area contributed by atoms with Gasteiger partial charge in [-0.3, -0.25) is 9.52 Å². The van der Waals surface area contributed by atoms with Crippen molar-refractivity contribution in [2.75, 3.05) is 18.9 Å². The number of amides is 1. The fourth-order valence-corrected chi connectivity index (χ4v) is 3.17. The summed E-state index contributed by atoms with van der Waals surface area (Å²) in [7, 11) is -1.01. The zero-order chi connectivity index (χ0) is 19.2. The second kappa shape index (κ2) is 8.26. The van der Waals surface area contributed by atoms with Crippen molar-refractivity contribution in [1.29, 1.82) is 0 Å². The van der Waals surface area contributed by atoms with Gasteiger partial charge in [0.15, 0.2) is 11.5 Å². The van der Waals surface area contributed by atoms with Crippen molar-refractivity contribution in [1.82, 2.24) is 0 Å². The maximum absolute atomic E-state index is 12.6. The maximum Gasteiger partial charge on any atom is 0.309 e. The summed E-state index contributed by atoms with van der Waals surface area (Å²) >= 11 is 0. The van der Waals surface area contributed by atoms with Gasteiger partial charge >= 0.3 is 5.91 Å². The van der Waals surface area contributed by atoms with E-state index < -0.39 is 15.9 Å². The number of ether oxygens (including phenoxy) is 2. The van der Waals surface area contributed by atoms with Crippen LogP contribution in [0.2, 0.25) is 0 Å². The molecule has 0 heterocycles. The molecule has 0 aliphatic carbocycles. The highest BCUT2D eigenvalue weighted by Crippen LogP contribution is 2.30. The van der Waals surface area contributed by atoms with Gasteiger partial charge in [0, 0.05) is 23.0 Å². The summed E-state index contributed by atoms with van der Waals surface area (Å²) in [5.41, 5.74) is 0.808. The lowest BCUT2D eigenvalue weighted by atomic mass is 10.2. The predicted octanol–water partition coefficient (Wildman–Crippen LogP) is 2.81. The zero-order valence-electron chi connectivity index (χ0n) is 14.0. The summed E-state index contributed by atoms with van der Waals surface area (Å²) in [4.78, 5) is 21.0. The Kier molecular flexibility index (Phi) is 6.07. The number of rotatable bonds is 7. The van der Waals surface area contributed by atoms with Crippen LogP contribution in [0.1, 0.15) is 5.56 Å². The minimum atomic E-state index is -3.87. The van der Waals surface area contributed by atoms with Gasteiger partial charge in [-0.1, -0.05) is 12.1 Å². The van der Waals surface area contributed by atoms with Crippen molar-refractivity contribution >= 4 is 27.7 Å². The number of benzene rings is 2. The van der Waals surface area contributed by atoms with Crippen molar-refractivity contribution in [3.63, 3.8) is 0 Å². The molecule has 0 spiro atoms. The molecule has 0 unspecified atom stereocenters. The van der Waals surface area contributed by atoms with Crippen LogP contribution in [0.5, 0.6) is 11.5 Å². The molecule has 9 heteroatoms. The summed E-state index contributed by atoms with van der Waals surface area (Å²) in [5, 5.41) is 2.25. The lowest BCUT2D eigenvalue weighted by Crippen LogP contribution is -2.13. The van der Waals surface area contributed by atoms with E-state index in [1.165, 1.54) is 44.6 Å². The van der Waals surface area contributed by atoms with Gasteiger partial charge in [0.2, 0.25) is 0 Å². The fraction of sp³-hybridized carbons (Fsp3) is 0.118. The normalized spacial score (nSPS) is 11.2. The molecule has 1 amide bonds. The van der Waals surface area contributed by atoms with E-state index in [1.54, 1.807) is 18.2 Å². The van der Waals surface area contributed by atoms with E-state index in [9.17, 15) is 18.1 Å². The number of nitrogens with one attached hydrogen (secondary N) is 1. The summed E-state index contributed by atoms with van der Waals surface area (Å²) in [5.74, 6) is -0.236. The first kappa shape index (κ1) is 19.1. The molecular formula is C17H16N2O6S. The van der Waals surface area contributed by atoms with E-state index in [2.05, 4.69) is 9.90 Å². The van der Waals surface area contributed by atoms with Crippen molar-refractivity contribution < 1.29 is 22.7 Å². The second-order valence-corrected chi connectivity index (χ2v) is 6.69. The van der Waals surface area contributed by atoms with Crippen LogP contribution in [0.15, 0.2) is 58.6 Å². The number of methoxy groups -OCH3 is 2. The largest absolute Gasteiger partial charge is 0.493 e. The molecule has 1 N–H and O–H groups in total. The average Bonchev–Trinajstić information content (AvgIpc) is 2.65. The number of hydrogen-bond donors (Lipinski definition) is 1. The predicted molar refractivity (Wildman–Crippen MR) is 96.6 cm³/mol. The number of sulfonamides is 1. The quantitative estimate of drug-likeness (QED) is 0.587. The van der Waals surface area contributed by atoms with E-state index in [1.807, 2.05) is 0 Å². The van der Waals surface area contributed by atoms with Crippen LogP contribution in [0.3, 0.4) is 0 Å². The highest BCUT2D eigenvalue weighted by molar-refractivity contribution is 7.92. The highest BCUT2D eigenvalue weighted by Gasteiger charge is 2.17. The number of carbonyl (C=O) groups is 1. The SMILES string of the molecule is COc1ccc(S(=O)(=O)Nc2cccc(/C=C/C(=O)N=O)c2)cc1OC. The van der Waals surface area contributed by atoms with Crippen LogP contribution in [0, 0.1) is 4.91 Å². The van der Waals surface area contributed by atoms with Gasteiger partial charge in [0.05, 0.1) is 19.1 Å². The summed E-state index contributed by atoms with van der Waals surface area (Å²) in [6.45, 7) is 0. The first-order valence-electron chi connectivity index (χ1n) is 7.30. The van der Waals surface area contributed by atoms with Crippen molar-refractivity contribution in [3.8, 4) is 11.5 Å². The molecule has 2 aromatic carbocycles. The third-order valence-electron chi connectivity index (χ3n) is 3.31. The molecule has 0 bridgehead atoms. The van der Waals surface area contributed by atoms with Gasteiger partial charge in [-0.05, 0) is 35.9 Å². The van der Waals surface area contributed by atoms with Gasteiger partial charge < -0.3 is 9.47 Å². The molecule has 0 aromatic heterocycles. The minimum absolute atomic E-state index is 0.00331. The molecule has 0 radical (unpaired) electrons. The number of carbonyl (C=O) groups excluding carboxylic acids is 1. The molecule has 0 aliphatic heterocycles. The van der Waals surface area contributed by atoms with E-state index >= 15 is 0 Å². The van der Waals surface area contributed by atoms with Crippen LogP contribution < -0.4 is 14.2 Å². The van der Waals surface area contributed by atoms with Crippen LogP contribution >= 0.6 is 0 Å². The Morgan fingerprint density at radius 2 is 1.81 bits per heavy atom. The lowest BCUT2D eigenvalue weighted by molar-refractivity contribution is -0.113. The fourth-order valence-electron chi connectivity index (χ4n) is 2.10. The zero-order valence-corrected chi connectivity index (χ0v) is 14.8. The Morgan fingerprint density at radius 1 is 1.08 bits per heavy atom. The topological polar surface area (TPSA) is 111 Å². The third-order valence-corrected chi connectivity index (χ3v) is 4.69. The smallest absolute Gasteiger partial charge is 0.309 e. The molecule has 8 nitrogen and oxygen atoms in total. The molecule has 0 saturated carbocycles. The van der Waals surface area contributed by atoms with Crippen LogP contribution in [-0.4, -0.2) is 28.5 Å². The van der Waals surface area contributed by atoms with Crippen molar-refractivity contribution in [2.24, 2.45) is 5.18 Å². The molecular weight excluding hydrogens is 360 g/mol. The number of hydrogen-bond acceptors (Lipinski definition) is 6. The Balaban J connectivity index is 2.28. The highest BCUT2D eigenvalue weighted by atomic mass is 32.2. The molecule has 136 valence electrons. The first-order chi connectivity index (χ1) is 12.4. The van der Waals surface area contributed by atoms with Gasteiger partial charge in [0.25, 0.3) is 10.0 Å². The van der Waals surface area contributed by atoms with Gasteiger partial charge in [-0.25, -0.2) is 8.42 Å². The number of nitroso groups, excluding NO2 is 1.